The fourth-order valence-corrected chi connectivity index (χ4v) is 3.81. The number of methoxy groups -OCH3 is 1. The number of halogens is 1. The van der Waals surface area contributed by atoms with Gasteiger partial charge in [-0.2, -0.15) is 0 Å². The second-order valence-corrected chi connectivity index (χ2v) is 7.46. The Balaban J connectivity index is 1.65. The van der Waals surface area contributed by atoms with Gasteiger partial charge in [-0.3, -0.25) is 23.4 Å². The Kier molecular flexibility index (Phi) is 6.59. The van der Waals surface area contributed by atoms with Crippen LogP contribution in [0.25, 0.3) is 0 Å². The van der Waals surface area contributed by atoms with Crippen LogP contribution in [-0.4, -0.2) is 41.4 Å². The van der Waals surface area contributed by atoms with Gasteiger partial charge in [0.25, 0.3) is 5.56 Å². The number of nitrogens with zero attached hydrogens (tertiary/aromatic N) is 1. The largest absolute Gasteiger partial charge is 0.426 e. The number of aromatic amines is 1. The zero-order chi connectivity index (χ0) is 20.3. The number of hydrogen-bond acceptors (Lipinski definition) is 7. The van der Waals surface area contributed by atoms with Gasteiger partial charge in [0, 0.05) is 25.4 Å². The van der Waals surface area contributed by atoms with Crippen LogP contribution in [0.4, 0.5) is 0 Å². The van der Waals surface area contributed by atoms with Crippen molar-refractivity contribution < 1.29 is 23.4 Å². The van der Waals surface area contributed by atoms with Gasteiger partial charge in [0.1, 0.15) is 16.9 Å². The quantitative estimate of drug-likeness (QED) is 0.389. The number of H-pyrrole nitrogens is 1. The first-order chi connectivity index (χ1) is 13.3. The lowest BCUT2D eigenvalue weighted by Crippen LogP contribution is -2.47. The van der Waals surface area contributed by atoms with Gasteiger partial charge in [0.05, 0.1) is 6.61 Å². The van der Waals surface area contributed by atoms with E-state index in [1.807, 2.05) is 12.1 Å². The lowest BCUT2D eigenvalue weighted by Gasteiger charge is -2.35. The van der Waals surface area contributed by atoms with Crippen LogP contribution in [0.2, 0.25) is 5.02 Å². The van der Waals surface area contributed by atoms with Gasteiger partial charge in [-0.05, 0) is 12.5 Å². The lowest BCUT2D eigenvalue weighted by atomic mass is 9.87. The average molecular weight is 427 g/mol. The fourth-order valence-electron chi connectivity index (χ4n) is 2.56. The van der Waals surface area contributed by atoms with Crippen LogP contribution in [0.3, 0.4) is 0 Å². The minimum Gasteiger partial charge on any atom is -0.426 e. The van der Waals surface area contributed by atoms with Gasteiger partial charge < -0.3 is 14.4 Å². The standard InChI is InChI=1S/C16H17BClN2O7P/c1-24-13(6-7-20-8-11(18)14(21)19-15(20)22)16(17,23)27-28-25-9-10-4-2-3-5-12(10)26-28/h2-5,8,13,23H,6-7,9H2,1H3,(H,19,21,22). The van der Waals surface area contributed by atoms with Crippen LogP contribution in [-0.2, 0) is 26.9 Å². The number of aryl methyl sites for hydroxylation is 1. The SMILES string of the molecule is [B]C(O)(OP1OCc2ccccc2O1)C(CCn1cc(Cl)c(=O)[nH]c1=O)OC. The van der Waals surface area contributed by atoms with E-state index in [0.717, 1.165) is 5.56 Å². The molecule has 1 aromatic heterocycles. The molecule has 1 aliphatic rings. The molecule has 1 aromatic carbocycles. The predicted octanol–water partition coefficient (Wildman–Crippen LogP) is 1.26. The van der Waals surface area contributed by atoms with Gasteiger partial charge in [-0.25, -0.2) is 4.79 Å². The summed E-state index contributed by atoms with van der Waals surface area (Å²) in [5.41, 5.74) is -2.73. The Morgan fingerprint density at radius 2 is 2.21 bits per heavy atom. The lowest BCUT2D eigenvalue weighted by molar-refractivity contribution is -0.161. The van der Waals surface area contributed by atoms with E-state index in [9.17, 15) is 14.7 Å². The number of hydrogen-bond donors (Lipinski definition) is 2. The number of aromatic nitrogens is 2. The van der Waals surface area contributed by atoms with Crippen molar-refractivity contribution in [3.63, 3.8) is 0 Å². The molecule has 9 nitrogen and oxygen atoms in total. The van der Waals surface area contributed by atoms with Crippen LogP contribution >= 0.6 is 20.2 Å². The summed E-state index contributed by atoms with van der Waals surface area (Å²) >= 11 is 5.73. The van der Waals surface area contributed by atoms with Gasteiger partial charge in [-0.15, -0.1) is 0 Å². The molecule has 3 unspecified atom stereocenters. The summed E-state index contributed by atoms with van der Waals surface area (Å²) in [6.07, 6.45) is 0.239. The van der Waals surface area contributed by atoms with Crippen molar-refractivity contribution in [2.75, 3.05) is 7.11 Å². The van der Waals surface area contributed by atoms with Crippen molar-refractivity contribution in [3.05, 3.63) is 61.9 Å². The molecular formula is C16H17BClN2O7P. The van der Waals surface area contributed by atoms with E-state index in [2.05, 4.69) is 4.98 Å². The Morgan fingerprint density at radius 3 is 2.96 bits per heavy atom. The molecule has 0 amide bonds. The maximum Gasteiger partial charge on any atom is 0.399 e. The van der Waals surface area contributed by atoms with Crippen molar-refractivity contribution in [1.82, 2.24) is 9.55 Å². The first-order valence-corrected chi connectivity index (χ1v) is 9.69. The molecule has 0 saturated carbocycles. The molecule has 28 heavy (non-hydrogen) atoms. The Morgan fingerprint density at radius 1 is 1.46 bits per heavy atom. The number of fused-ring (bicyclic) bond motifs is 1. The molecule has 0 saturated heterocycles. The van der Waals surface area contributed by atoms with Gasteiger partial charge >= 0.3 is 14.3 Å². The summed E-state index contributed by atoms with van der Waals surface area (Å²) in [6, 6.07) is 7.26. The molecular weight excluding hydrogens is 409 g/mol. The highest BCUT2D eigenvalue weighted by atomic mass is 35.5. The van der Waals surface area contributed by atoms with Crippen LogP contribution in [0.15, 0.2) is 40.1 Å². The van der Waals surface area contributed by atoms with Crippen molar-refractivity contribution in [2.45, 2.75) is 31.4 Å². The second kappa shape index (κ2) is 8.77. The first-order valence-electron chi connectivity index (χ1n) is 8.21. The third kappa shape index (κ3) is 4.83. The van der Waals surface area contributed by atoms with Crippen molar-refractivity contribution >= 4 is 28.0 Å². The molecule has 2 radical (unpaired) electrons. The number of nitrogens with one attached hydrogen (secondary N) is 1. The van der Waals surface area contributed by atoms with Gasteiger partial charge in [0.15, 0.2) is 13.5 Å². The highest BCUT2D eigenvalue weighted by Gasteiger charge is 2.38. The van der Waals surface area contributed by atoms with Crippen molar-refractivity contribution in [1.29, 1.82) is 0 Å². The maximum atomic E-state index is 11.8. The van der Waals surface area contributed by atoms with Gasteiger partial charge in [0.2, 0.25) is 0 Å². The van der Waals surface area contributed by atoms with E-state index in [4.69, 9.17) is 37.8 Å². The third-order valence-corrected chi connectivity index (χ3v) is 5.43. The maximum absolute atomic E-state index is 11.8. The van der Waals surface area contributed by atoms with Crippen LogP contribution in [0.1, 0.15) is 12.0 Å². The number of benzene rings is 1. The predicted molar refractivity (Wildman–Crippen MR) is 102 cm³/mol. The molecule has 0 fully saturated rings. The van der Waals surface area contributed by atoms with E-state index in [1.54, 1.807) is 12.1 Å². The Bertz CT molecular complexity index is 951. The van der Waals surface area contributed by atoms with E-state index in [1.165, 1.54) is 17.9 Å². The second-order valence-electron chi connectivity index (χ2n) is 5.98. The monoisotopic (exact) mass is 426 g/mol. The topological polar surface area (TPSA) is 112 Å². The first kappa shape index (κ1) is 21.0. The van der Waals surface area contributed by atoms with Crippen LogP contribution in [0, 0.1) is 0 Å². The highest BCUT2D eigenvalue weighted by Crippen LogP contribution is 2.49. The fraction of sp³-hybridized carbons (Fsp3) is 0.375. The minimum atomic E-state index is -2.25. The molecule has 2 aromatic rings. The molecule has 1 aliphatic heterocycles. The molecule has 2 N–H and O–H groups in total. The molecule has 0 spiro atoms. The number of aliphatic hydroxyl groups is 1. The number of ether oxygens (including phenoxy) is 1. The van der Waals surface area contributed by atoms with E-state index in [0.29, 0.717) is 5.75 Å². The average Bonchev–Trinajstić information content (AvgIpc) is 2.65. The molecule has 12 heteroatoms. The third-order valence-electron chi connectivity index (χ3n) is 4.04. The van der Waals surface area contributed by atoms with E-state index < -0.39 is 31.6 Å². The van der Waals surface area contributed by atoms with Crippen molar-refractivity contribution in [3.8, 4) is 5.75 Å². The van der Waals surface area contributed by atoms with Crippen molar-refractivity contribution in [2.24, 2.45) is 0 Å². The minimum absolute atomic E-state index is 0.0547. The summed E-state index contributed by atoms with van der Waals surface area (Å²) in [5, 5.41) is 10.4. The summed E-state index contributed by atoms with van der Waals surface area (Å²) in [6.45, 7) is 0.306. The smallest absolute Gasteiger partial charge is 0.399 e. The van der Waals surface area contributed by atoms with Gasteiger partial charge in [-0.1, -0.05) is 29.8 Å². The highest BCUT2D eigenvalue weighted by molar-refractivity contribution is 7.42. The normalized spacial score (nSPS) is 19.3. The zero-order valence-electron chi connectivity index (χ0n) is 14.8. The molecule has 148 valence electrons. The summed E-state index contributed by atoms with van der Waals surface area (Å²) in [7, 11) is 5.25. The Labute approximate surface area is 167 Å². The summed E-state index contributed by atoms with van der Waals surface area (Å²) < 4.78 is 22.8. The number of rotatable bonds is 7. The molecule has 2 heterocycles. The van der Waals surface area contributed by atoms with Crippen LogP contribution < -0.4 is 15.8 Å². The molecule has 0 bridgehead atoms. The molecule has 0 aliphatic carbocycles. The number of para-hydroxylation sites is 1. The molecule has 3 atom stereocenters. The van der Waals surface area contributed by atoms with E-state index >= 15 is 0 Å². The Hall–Kier alpha value is -1.68. The summed E-state index contributed by atoms with van der Waals surface area (Å²) in [4.78, 5) is 25.2. The van der Waals surface area contributed by atoms with E-state index in [-0.39, 0.29) is 24.6 Å². The van der Waals surface area contributed by atoms with Crippen LogP contribution in [0.5, 0.6) is 5.75 Å². The molecule has 3 rings (SSSR count). The zero-order valence-corrected chi connectivity index (χ0v) is 16.5. The summed E-state index contributed by atoms with van der Waals surface area (Å²) in [5.74, 6) is 0.582.